The first kappa shape index (κ1) is 17.9. The van der Waals surface area contributed by atoms with E-state index in [0.29, 0.717) is 0 Å². The molecule has 18 heavy (non-hydrogen) atoms. The fourth-order valence-corrected chi connectivity index (χ4v) is 2.88. The average Bonchev–Trinajstić information content (AvgIpc) is 2.44. The second kappa shape index (κ2) is 13.4. The van der Waals surface area contributed by atoms with Crippen LogP contribution in [0.1, 0.15) is 72.1 Å². The largest absolute Gasteiger partial charge is 0.397 e. The first-order valence-electron chi connectivity index (χ1n) is 8.20. The number of rotatable bonds is 2. The van der Waals surface area contributed by atoms with E-state index in [1.54, 1.807) is 6.92 Å². The molecule has 1 saturated heterocycles. The minimum absolute atomic E-state index is 0.250. The van der Waals surface area contributed by atoms with Gasteiger partial charge in [-0.1, -0.05) is 39.5 Å². The van der Waals surface area contributed by atoms with E-state index in [-0.39, 0.29) is 6.61 Å². The SMILES string of the molecule is C1CCC(CN2CCCCC2)CC1.CC.CCO. The Bertz CT molecular complexity index is 133. The van der Waals surface area contributed by atoms with Crippen molar-refractivity contribution in [1.29, 1.82) is 0 Å². The van der Waals surface area contributed by atoms with Crippen LogP contribution in [0.5, 0.6) is 0 Å². The molecule has 0 atom stereocenters. The Labute approximate surface area is 115 Å². The predicted octanol–water partition coefficient (Wildman–Crippen LogP) is 4.08. The van der Waals surface area contributed by atoms with Crippen molar-refractivity contribution in [3.05, 3.63) is 0 Å². The molecule has 1 aliphatic carbocycles. The number of nitrogens with zero attached hydrogens (tertiary/aromatic N) is 1. The molecule has 1 heterocycles. The second-order valence-electron chi connectivity index (χ2n) is 5.18. The molecule has 0 radical (unpaired) electrons. The Morgan fingerprint density at radius 1 is 0.889 bits per heavy atom. The molecule has 2 heteroatoms. The first-order valence-corrected chi connectivity index (χ1v) is 8.20. The molecular formula is C16H35NO. The van der Waals surface area contributed by atoms with Crippen molar-refractivity contribution in [2.75, 3.05) is 26.2 Å². The van der Waals surface area contributed by atoms with Gasteiger partial charge in [-0.25, -0.2) is 0 Å². The van der Waals surface area contributed by atoms with Gasteiger partial charge in [-0.05, 0) is 51.6 Å². The van der Waals surface area contributed by atoms with Crippen molar-refractivity contribution >= 4 is 0 Å². The lowest BCUT2D eigenvalue weighted by Gasteiger charge is -2.32. The predicted molar refractivity (Wildman–Crippen MR) is 81.0 cm³/mol. The summed E-state index contributed by atoms with van der Waals surface area (Å²) in [7, 11) is 0. The van der Waals surface area contributed by atoms with Crippen LogP contribution in [-0.2, 0) is 0 Å². The van der Waals surface area contributed by atoms with Crippen molar-refractivity contribution in [2.45, 2.75) is 72.1 Å². The highest BCUT2D eigenvalue weighted by Crippen LogP contribution is 2.25. The van der Waals surface area contributed by atoms with Crippen LogP contribution in [0.15, 0.2) is 0 Å². The van der Waals surface area contributed by atoms with E-state index >= 15 is 0 Å². The van der Waals surface area contributed by atoms with E-state index in [2.05, 4.69) is 4.90 Å². The number of piperidine rings is 1. The smallest absolute Gasteiger partial charge is 0.0402 e. The van der Waals surface area contributed by atoms with Crippen molar-refractivity contribution in [3.63, 3.8) is 0 Å². The van der Waals surface area contributed by atoms with Gasteiger partial charge in [0.25, 0.3) is 0 Å². The third-order valence-electron chi connectivity index (χ3n) is 3.69. The maximum absolute atomic E-state index is 7.57. The molecule has 1 aliphatic heterocycles. The van der Waals surface area contributed by atoms with Gasteiger partial charge in [0.1, 0.15) is 0 Å². The maximum atomic E-state index is 7.57. The quantitative estimate of drug-likeness (QED) is 0.806. The third-order valence-corrected chi connectivity index (χ3v) is 3.69. The summed E-state index contributed by atoms with van der Waals surface area (Å²) in [6.45, 7) is 10.1. The van der Waals surface area contributed by atoms with Crippen LogP contribution in [0.3, 0.4) is 0 Å². The molecule has 2 nitrogen and oxygen atoms in total. The van der Waals surface area contributed by atoms with Gasteiger partial charge >= 0.3 is 0 Å². The summed E-state index contributed by atoms with van der Waals surface area (Å²) < 4.78 is 0. The summed E-state index contributed by atoms with van der Waals surface area (Å²) in [6, 6.07) is 0. The Morgan fingerprint density at radius 2 is 1.33 bits per heavy atom. The van der Waals surface area contributed by atoms with Crippen LogP contribution >= 0.6 is 0 Å². The number of aliphatic hydroxyl groups is 1. The van der Waals surface area contributed by atoms with Crippen LogP contribution < -0.4 is 0 Å². The summed E-state index contributed by atoms with van der Waals surface area (Å²) in [5, 5.41) is 7.57. The molecule has 2 rings (SSSR count). The molecule has 110 valence electrons. The Balaban J connectivity index is 0.000000509. The van der Waals surface area contributed by atoms with E-state index in [1.807, 2.05) is 13.8 Å². The summed E-state index contributed by atoms with van der Waals surface area (Å²) in [5.41, 5.74) is 0. The van der Waals surface area contributed by atoms with Gasteiger partial charge in [0.15, 0.2) is 0 Å². The average molecular weight is 257 g/mol. The van der Waals surface area contributed by atoms with Gasteiger partial charge in [-0.15, -0.1) is 0 Å². The van der Waals surface area contributed by atoms with Crippen molar-refractivity contribution < 1.29 is 5.11 Å². The number of aliphatic hydroxyl groups excluding tert-OH is 1. The minimum atomic E-state index is 0.250. The third kappa shape index (κ3) is 8.93. The van der Waals surface area contributed by atoms with E-state index < -0.39 is 0 Å². The highest BCUT2D eigenvalue weighted by atomic mass is 16.2. The zero-order valence-electron chi connectivity index (χ0n) is 13.0. The van der Waals surface area contributed by atoms with Crippen LogP contribution in [0.4, 0.5) is 0 Å². The normalized spacial score (nSPS) is 21.3. The molecule has 2 fully saturated rings. The fourth-order valence-electron chi connectivity index (χ4n) is 2.88. The first-order chi connectivity index (χ1) is 8.86. The van der Waals surface area contributed by atoms with Gasteiger partial charge < -0.3 is 10.0 Å². The standard InChI is InChI=1S/C12H23N.C2H6O.C2H6/c1-3-7-12(8-4-1)11-13-9-5-2-6-10-13;1-2-3;1-2/h12H,1-11H2;3H,2H2,1H3;1-2H3. The van der Waals surface area contributed by atoms with Gasteiger partial charge in [0.05, 0.1) is 0 Å². The lowest BCUT2D eigenvalue weighted by molar-refractivity contribution is 0.174. The fraction of sp³-hybridized carbons (Fsp3) is 1.00. The Hall–Kier alpha value is -0.0800. The molecule has 1 N–H and O–H groups in total. The summed E-state index contributed by atoms with van der Waals surface area (Å²) >= 11 is 0. The van der Waals surface area contributed by atoms with Crippen LogP contribution in [-0.4, -0.2) is 36.2 Å². The minimum Gasteiger partial charge on any atom is -0.397 e. The zero-order valence-corrected chi connectivity index (χ0v) is 13.0. The van der Waals surface area contributed by atoms with E-state index in [0.717, 1.165) is 5.92 Å². The maximum Gasteiger partial charge on any atom is 0.0402 e. The van der Waals surface area contributed by atoms with Gasteiger partial charge in [0, 0.05) is 13.2 Å². The Morgan fingerprint density at radius 3 is 1.83 bits per heavy atom. The highest BCUT2D eigenvalue weighted by molar-refractivity contribution is 4.72. The van der Waals surface area contributed by atoms with Crippen LogP contribution in [0, 0.1) is 5.92 Å². The molecule has 2 aliphatic rings. The molecule has 0 aromatic carbocycles. The monoisotopic (exact) mass is 257 g/mol. The lowest BCUT2D eigenvalue weighted by atomic mass is 9.88. The molecule has 0 unspecified atom stereocenters. The van der Waals surface area contributed by atoms with Gasteiger partial charge in [0.2, 0.25) is 0 Å². The second-order valence-corrected chi connectivity index (χ2v) is 5.18. The topological polar surface area (TPSA) is 23.5 Å². The van der Waals surface area contributed by atoms with Crippen molar-refractivity contribution in [3.8, 4) is 0 Å². The molecular weight excluding hydrogens is 222 g/mol. The Kier molecular flexibility index (Phi) is 13.3. The lowest BCUT2D eigenvalue weighted by Crippen LogP contribution is -2.34. The highest BCUT2D eigenvalue weighted by Gasteiger charge is 2.18. The summed E-state index contributed by atoms with van der Waals surface area (Å²) in [5.74, 6) is 1.05. The van der Waals surface area contributed by atoms with Crippen molar-refractivity contribution in [1.82, 2.24) is 4.90 Å². The molecule has 0 bridgehead atoms. The molecule has 0 amide bonds. The molecule has 0 spiro atoms. The number of hydrogen-bond donors (Lipinski definition) is 1. The molecule has 0 aromatic heterocycles. The van der Waals surface area contributed by atoms with Gasteiger partial charge in [-0.3, -0.25) is 0 Å². The van der Waals surface area contributed by atoms with E-state index in [4.69, 9.17) is 5.11 Å². The van der Waals surface area contributed by atoms with Crippen molar-refractivity contribution in [2.24, 2.45) is 5.92 Å². The van der Waals surface area contributed by atoms with Crippen LogP contribution in [0.2, 0.25) is 0 Å². The number of hydrogen-bond acceptors (Lipinski definition) is 2. The van der Waals surface area contributed by atoms with Crippen LogP contribution in [0.25, 0.3) is 0 Å². The van der Waals surface area contributed by atoms with Gasteiger partial charge in [-0.2, -0.15) is 0 Å². The summed E-state index contributed by atoms with van der Waals surface area (Å²) in [6.07, 6.45) is 11.9. The summed E-state index contributed by atoms with van der Waals surface area (Å²) in [4.78, 5) is 2.71. The number of likely N-dealkylation sites (tertiary alicyclic amines) is 1. The zero-order chi connectivity index (χ0) is 13.6. The molecule has 0 aromatic rings. The molecule has 1 saturated carbocycles. The van der Waals surface area contributed by atoms with E-state index in [1.165, 1.54) is 71.0 Å². The van der Waals surface area contributed by atoms with E-state index in [9.17, 15) is 0 Å².